The summed E-state index contributed by atoms with van der Waals surface area (Å²) in [6.45, 7) is 2.15. The Balaban J connectivity index is 2.02. The second-order valence-electron chi connectivity index (χ2n) is 5.02. The van der Waals surface area contributed by atoms with Crippen molar-refractivity contribution in [3.8, 4) is 17.1 Å². The molecule has 1 aromatic carbocycles. The van der Waals surface area contributed by atoms with Crippen LogP contribution in [0.1, 0.15) is 25.8 Å². The normalized spacial score (nSPS) is 16.3. The maximum atomic E-state index is 5.88. The Bertz CT molecular complexity index is 590. The number of hydrogen-bond acceptors (Lipinski definition) is 5. The second-order valence-corrected chi connectivity index (χ2v) is 5.02. The van der Waals surface area contributed by atoms with Gasteiger partial charge in [-0.1, -0.05) is 0 Å². The average Bonchev–Trinajstić information content (AvgIpc) is 3.14. The first-order valence-corrected chi connectivity index (χ1v) is 6.42. The van der Waals surface area contributed by atoms with Gasteiger partial charge in [0.05, 0.1) is 13.2 Å². The molecule has 0 radical (unpaired) electrons. The number of nitrogen functional groups attached to an aromatic ring is 1. The highest BCUT2D eigenvalue weighted by Crippen LogP contribution is 2.40. The molecular formula is C13H17N5O. The molecule has 6 nitrogen and oxygen atoms in total. The van der Waals surface area contributed by atoms with Crippen molar-refractivity contribution in [3.05, 3.63) is 18.2 Å². The molecule has 0 saturated heterocycles. The number of tetrazole rings is 1. The van der Waals surface area contributed by atoms with Gasteiger partial charge in [0.2, 0.25) is 0 Å². The van der Waals surface area contributed by atoms with Crippen LogP contribution in [0.4, 0.5) is 5.69 Å². The number of ether oxygens (including phenoxy) is 1. The first-order chi connectivity index (χ1) is 9.19. The first kappa shape index (κ1) is 12.0. The third-order valence-corrected chi connectivity index (χ3v) is 3.61. The van der Waals surface area contributed by atoms with Gasteiger partial charge >= 0.3 is 0 Å². The average molecular weight is 259 g/mol. The number of aromatic nitrogens is 4. The number of methoxy groups -OCH3 is 1. The van der Waals surface area contributed by atoms with E-state index in [1.165, 1.54) is 12.8 Å². The van der Waals surface area contributed by atoms with Gasteiger partial charge in [-0.2, -0.15) is 0 Å². The van der Waals surface area contributed by atoms with Crippen LogP contribution in [0.2, 0.25) is 0 Å². The Morgan fingerprint density at radius 3 is 2.84 bits per heavy atom. The van der Waals surface area contributed by atoms with Crippen LogP contribution in [-0.4, -0.2) is 27.3 Å². The lowest BCUT2D eigenvalue weighted by Gasteiger charge is -2.13. The van der Waals surface area contributed by atoms with Gasteiger partial charge < -0.3 is 10.5 Å². The Labute approximate surface area is 111 Å². The van der Waals surface area contributed by atoms with Crippen molar-refractivity contribution in [2.24, 2.45) is 5.92 Å². The monoisotopic (exact) mass is 259 g/mol. The molecule has 6 heteroatoms. The topological polar surface area (TPSA) is 78.8 Å². The van der Waals surface area contributed by atoms with E-state index in [2.05, 4.69) is 22.4 Å². The summed E-state index contributed by atoms with van der Waals surface area (Å²) >= 11 is 0. The standard InChI is InChI=1S/C13H17N5O/c1-8(9-3-4-9)18-13(15-16-17-18)10-5-11(14)7-12(6-10)19-2/h5-9H,3-4,14H2,1-2H3. The van der Waals surface area contributed by atoms with Crippen molar-refractivity contribution in [2.45, 2.75) is 25.8 Å². The fraction of sp³-hybridized carbons (Fsp3) is 0.462. The van der Waals surface area contributed by atoms with E-state index in [4.69, 9.17) is 10.5 Å². The molecule has 0 bridgehead atoms. The second kappa shape index (κ2) is 4.53. The van der Waals surface area contributed by atoms with E-state index in [-0.39, 0.29) is 0 Å². The van der Waals surface area contributed by atoms with E-state index >= 15 is 0 Å². The van der Waals surface area contributed by atoms with E-state index in [9.17, 15) is 0 Å². The van der Waals surface area contributed by atoms with Crippen LogP contribution in [0.25, 0.3) is 11.4 Å². The van der Waals surface area contributed by atoms with Crippen LogP contribution >= 0.6 is 0 Å². The van der Waals surface area contributed by atoms with E-state index in [0.717, 1.165) is 11.4 Å². The van der Waals surface area contributed by atoms with Crippen molar-refractivity contribution in [1.82, 2.24) is 20.2 Å². The molecule has 2 N–H and O–H groups in total. The Morgan fingerprint density at radius 1 is 1.37 bits per heavy atom. The maximum absolute atomic E-state index is 5.88. The summed E-state index contributed by atoms with van der Waals surface area (Å²) in [7, 11) is 1.62. The van der Waals surface area contributed by atoms with Gasteiger partial charge in [-0.3, -0.25) is 0 Å². The molecule has 0 spiro atoms. The third-order valence-electron chi connectivity index (χ3n) is 3.61. The maximum Gasteiger partial charge on any atom is 0.182 e. The van der Waals surface area contributed by atoms with Crippen molar-refractivity contribution < 1.29 is 4.74 Å². The first-order valence-electron chi connectivity index (χ1n) is 6.42. The molecule has 19 heavy (non-hydrogen) atoms. The summed E-state index contributed by atoms with van der Waals surface area (Å²) in [4.78, 5) is 0. The van der Waals surface area contributed by atoms with Crippen LogP contribution in [-0.2, 0) is 0 Å². The van der Waals surface area contributed by atoms with Gasteiger partial charge in [-0.25, -0.2) is 4.68 Å². The summed E-state index contributed by atoms with van der Waals surface area (Å²) in [6, 6.07) is 5.86. The number of nitrogens with two attached hydrogens (primary N) is 1. The summed E-state index contributed by atoms with van der Waals surface area (Å²) in [5.74, 6) is 2.14. The van der Waals surface area contributed by atoms with Crippen LogP contribution in [0, 0.1) is 5.92 Å². The van der Waals surface area contributed by atoms with Crippen LogP contribution in [0.15, 0.2) is 18.2 Å². The van der Waals surface area contributed by atoms with E-state index in [1.807, 2.05) is 16.8 Å². The van der Waals surface area contributed by atoms with Gasteiger partial charge in [0.15, 0.2) is 5.82 Å². The lowest BCUT2D eigenvalue weighted by molar-refractivity contribution is 0.414. The summed E-state index contributed by atoms with van der Waals surface area (Å²) in [6.07, 6.45) is 2.50. The van der Waals surface area contributed by atoms with Crippen molar-refractivity contribution in [2.75, 3.05) is 12.8 Å². The number of hydrogen-bond donors (Lipinski definition) is 1. The van der Waals surface area contributed by atoms with E-state index in [1.54, 1.807) is 13.2 Å². The Hall–Kier alpha value is -2.11. The van der Waals surface area contributed by atoms with Crippen molar-refractivity contribution in [3.63, 3.8) is 0 Å². The number of benzene rings is 1. The third kappa shape index (κ3) is 2.25. The van der Waals surface area contributed by atoms with Gasteiger partial charge in [0.1, 0.15) is 5.75 Å². The highest BCUT2D eigenvalue weighted by Gasteiger charge is 2.31. The molecule has 1 heterocycles. The van der Waals surface area contributed by atoms with Crippen LogP contribution < -0.4 is 10.5 Å². The predicted octanol–water partition coefficient (Wildman–Crippen LogP) is 1.90. The fourth-order valence-electron chi connectivity index (χ4n) is 2.31. The quantitative estimate of drug-likeness (QED) is 0.848. The summed E-state index contributed by atoms with van der Waals surface area (Å²) < 4.78 is 7.12. The molecule has 0 aliphatic heterocycles. The zero-order valence-corrected chi connectivity index (χ0v) is 11.1. The highest BCUT2D eigenvalue weighted by molar-refractivity contribution is 5.64. The van der Waals surface area contributed by atoms with Crippen LogP contribution in [0.5, 0.6) is 5.75 Å². The molecule has 1 saturated carbocycles. The molecular weight excluding hydrogens is 242 g/mol. The van der Waals surface area contributed by atoms with Crippen molar-refractivity contribution in [1.29, 1.82) is 0 Å². The zero-order chi connectivity index (χ0) is 13.4. The van der Waals surface area contributed by atoms with Gasteiger partial charge in [-0.05, 0) is 48.2 Å². The largest absolute Gasteiger partial charge is 0.497 e. The summed E-state index contributed by atoms with van der Waals surface area (Å²) in [5.41, 5.74) is 7.41. The Kier molecular flexibility index (Phi) is 2.85. The number of nitrogens with zero attached hydrogens (tertiary/aromatic N) is 4. The number of anilines is 1. The van der Waals surface area contributed by atoms with Gasteiger partial charge in [0, 0.05) is 17.3 Å². The van der Waals surface area contributed by atoms with Crippen molar-refractivity contribution >= 4 is 5.69 Å². The molecule has 1 atom stereocenters. The molecule has 1 aliphatic rings. The predicted molar refractivity (Wildman–Crippen MR) is 71.7 cm³/mol. The smallest absolute Gasteiger partial charge is 0.182 e. The number of rotatable bonds is 4. The van der Waals surface area contributed by atoms with Crippen LogP contribution in [0.3, 0.4) is 0 Å². The molecule has 1 unspecified atom stereocenters. The lowest BCUT2D eigenvalue weighted by atomic mass is 10.1. The molecule has 100 valence electrons. The van der Waals surface area contributed by atoms with E-state index < -0.39 is 0 Å². The zero-order valence-electron chi connectivity index (χ0n) is 11.1. The molecule has 1 aliphatic carbocycles. The van der Waals surface area contributed by atoms with E-state index in [0.29, 0.717) is 23.4 Å². The minimum atomic E-state index is 0.317. The molecule has 1 fully saturated rings. The SMILES string of the molecule is COc1cc(N)cc(-c2nnnn2C(C)C2CC2)c1. The Morgan fingerprint density at radius 2 is 2.16 bits per heavy atom. The van der Waals surface area contributed by atoms with Gasteiger partial charge in [-0.15, -0.1) is 5.10 Å². The fourth-order valence-corrected chi connectivity index (χ4v) is 2.31. The molecule has 2 aromatic rings. The minimum absolute atomic E-state index is 0.317. The molecule has 0 amide bonds. The lowest BCUT2D eigenvalue weighted by Crippen LogP contribution is -2.11. The van der Waals surface area contributed by atoms with Gasteiger partial charge in [0.25, 0.3) is 0 Å². The minimum Gasteiger partial charge on any atom is -0.497 e. The molecule has 1 aromatic heterocycles. The molecule has 3 rings (SSSR count). The summed E-state index contributed by atoms with van der Waals surface area (Å²) in [5, 5.41) is 12.0. The highest BCUT2D eigenvalue weighted by atomic mass is 16.5.